The number of hydrogen-bond donors (Lipinski definition) is 1. The molecule has 0 saturated heterocycles. The van der Waals surface area contributed by atoms with E-state index < -0.39 is 11.9 Å². The van der Waals surface area contributed by atoms with Crippen molar-refractivity contribution in [3.63, 3.8) is 0 Å². The van der Waals surface area contributed by atoms with Crippen LogP contribution in [-0.4, -0.2) is 19.9 Å². The first-order chi connectivity index (χ1) is 16.6. The summed E-state index contributed by atoms with van der Waals surface area (Å²) >= 11 is 0. The third kappa shape index (κ3) is 3.61. The molecular formula is C27H21N3O4. The van der Waals surface area contributed by atoms with Crippen molar-refractivity contribution in [2.75, 3.05) is 18.8 Å². The number of esters is 1. The van der Waals surface area contributed by atoms with Gasteiger partial charge in [-0.1, -0.05) is 54.6 Å². The highest BCUT2D eigenvalue weighted by Gasteiger charge is 2.35. The van der Waals surface area contributed by atoms with Crippen LogP contribution in [0.2, 0.25) is 0 Å². The predicted molar refractivity (Wildman–Crippen MR) is 127 cm³/mol. The third-order valence-electron chi connectivity index (χ3n) is 5.93. The number of benzene rings is 3. The molecule has 5 rings (SSSR count). The fourth-order valence-electron chi connectivity index (χ4n) is 4.22. The molecule has 0 spiro atoms. The smallest absolute Gasteiger partial charge is 0.336 e. The molecule has 1 atom stereocenters. The number of ether oxygens (including phenoxy) is 3. The normalized spacial score (nSPS) is 16.6. The largest absolute Gasteiger partial charge is 0.466 e. The maximum Gasteiger partial charge on any atom is 0.336 e. The SMILES string of the molecule is COC(=O)C1=CN(c2ccc3c(c2)OCO3)C(N)=C(C#N)C1c1ccc(-c2ccccc2)cc1. The molecule has 2 aliphatic rings. The summed E-state index contributed by atoms with van der Waals surface area (Å²) in [4.78, 5) is 14.4. The molecule has 0 fully saturated rings. The number of carbonyl (C=O) groups is 1. The molecule has 168 valence electrons. The lowest BCUT2D eigenvalue weighted by atomic mass is 9.82. The fraction of sp³-hybridized carbons (Fsp3) is 0.111. The van der Waals surface area contributed by atoms with E-state index in [-0.39, 0.29) is 18.2 Å². The molecule has 1 unspecified atom stereocenters. The number of anilines is 1. The molecular weight excluding hydrogens is 430 g/mol. The molecule has 0 radical (unpaired) electrons. The number of fused-ring (bicyclic) bond motifs is 1. The van der Waals surface area contributed by atoms with Gasteiger partial charge in [0.05, 0.1) is 35.9 Å². The maximum atomic E-state index is 12.8. The van der Waals surface area contributed by atoms with Gasteiger partial charge in [-0.2, -0.15) is 5.26 Å². The number of nitriles is 1. The van der Waals surface area contributed by atoms with Crippen LogP contribution in [0.15, 0.2) is 96.0 Å². The molecule has 3 aromatic carbocycles. The average Bonchev–Trinajstić information content (AvgIpc) is 3.36. The van der Waals surface area contributed by atoms with E-state index in [2.05, 4.69) is 6.07 Å². The molecule has 0 saturated carbocycles. The van der Waals surface area contributed by atoms with Crippen molar-refractivity contribution in [3.05, 3.63) is 102 Å². The van der Waals surface area contributed by atoms with Gasteiger partial charge in [0.2, 0.25) is 6.79 Å². The Hall–Kier alpha value is -4.70. The van der Waals surface area contributed by atoms with Crippen molar-refractivity contribution in [1.29, 1.82) is 5.26 Å². The van der Waals surface area contributed by atoms with E-state index in [4.69, 9.17) is 19.9 Å². The van der Waals surface area contributed by atoms with Gasteiger partial charge in [-0.15, -0.1) is 0 Å². The first-order valence-corrected chi connectivity index (χ1v) is 10.6. The Bertz CT molecular complexity index is 1350. The van der Waals surface area contributed by atoms with Crippen LogP contribution in [0.3, 0.4) is 0 Å². The van der Waals surface area contributed by atoms with E-state index in [0.717, 1.165) is 16.7 Å². The second-order valence-corrected chi connectivity index (χ2v) is 7.82. The number of carbonyl (C=O) groups excluding carboxylic acids is 1. The second-order valence-electron chi connectivity index (χ2n) is 7.82. The summed E-state index contributed by atoms with van der Waals surface area (Å²) in [5.74, 6) is 0.217. The first-order valence-electron chi connectivity index (χ1n) is 10.6. The van der Waals surface area contributed by atoms with E-state index in [0.29, 0.717) is 22.8 Å². The number of nitrogens with two attached hydrogens (primary N) is 1. The van der Waals surface area contributed by atoms with Gasteiger partial charge in [0.25, 0.3) is 0 Å². The monoisotopic (exact) mass is 451 g/mol. The molecule has 2 N–H and O–H groups in total. The van der Waals surface area contributed by atoms with Crippen LogP contribution in [0.1, 0.15) is 11.5 Å². The van der Waals surface area contributed by atoms with Crippen LogP contribution in [-0.2, 0) is 9.53 Å². The highest BCUT2D eigenvalue weighted by molar-refractivity contribution is 5.93. The second kappa shape index (κ2) is 8.68. The molecule has 34 heavy (non-hydrogen) atoms. The van der Waals surface area contributed by atoms with Crippen molar-refractivity contribution < 1.29 is 19.0 Å². The van der Waals surface area contributed by atoms with E-state index >= 15 is 0 Å². The molecule has 2 aliphatic heterocycles. The Morgan fingerprint density at radius 1 is 1.03 bits per heavy atom. The highest BCUT2D eigenvalue weighted by atomic mass is 16.7. The lowest BCUT2D eigenvalue weighted by Crippen LogP contribution is -2.33. The maximum absolute atomic E-state index is 12.8. The summed E-state index contributed by atoms with van der Waals surface area (Å²) in [7, 11) is 1.32. The lowest BCUT2D eigenvalue weighted by molar-refractivity contribution is -0.136. The van der Waals surface area contributed by atoms with E-state index in [1.54, 1.807) is 29.3 Å². The van der Waals surface area contributed by atoms with Crippen molar-refractivity contribution >= 4 is 11.7 Å². The summed E-state index contributed by atoms with van der Waals surface area (Å²) < 4.78 is 15.9. The minimum Gasteiger partial charge on any atom is -0.466 e. The summed E-state index contributed by atoms with van der Waals surface area (Å²) in [5.41, 5.74) is 10.5. The van der Waals surface area contributed by atoms with E-state index in [9.17, 15) is 10.1 Å². The molecule has 0 amide bonds. The molecule has 2 heterocycles. The van der Waals surface area contributed by atoms with Gasteiger partial charge < -0.3 is 24.8 Å². The van der Waals surface area contributed by atoms with Crippen LogP contribution in [0.5, 0.6) is 11.5 Å². The van der Waals surface area contributed by atoms with Gasteiger partial charge in [0.1, 0.15) is 5.82 Å². The number of rotatable bonds is 4. The van der Waals surface area contributed by atoms with E-state index in [1.165, 1.54) is 7.11 Å². The zero-order chi connectivity index (χ0) is 23.7. The Labute approximate surface area is 196 Å². The van der Waals surface area contributed by atoms with Gasteiger partial charge >= 0.3 is 5.97 Å². The van der Waals surface area contributed by atoms with Crippen LogP contribution < -0.4 is 20.1 Å². The first kappa shape index (κ1) is 21.2. The molecule has 0 bridgehead atoms. The van der Waals surface area contributed by atoms with Gasteiger partial charge in [-0.3, -0.25) is 0 Å². The molecule has 7 heteroatoms. The third-order valence-corrected chi connectivity index (χ3v) is 5.93. The van der Waals surface area contributed by atoms with Gasteiger partial charge in [-0.05, 0) is 28.8 Å². The van der Waals surface area contributed by atoms with Crippen molar-refractivity contribution in [2.45, 2.75) is 5.92 Å². The predicted octanol–water partition coefficient (Wildman–Crippen LogP) is 4.44. The number of nitrogens with zero attached hydrogens (tertiary/aromatic N) is 2. The average molecular weight is 451 g/mol. The minimum absolute atomic E-state index is 0.137. The summed E-state index contributed by atoms with van der Waals surface area (Å²) in [6.45, 7) is 0.137. The number of hydrogen-bond acceptors (Lipinski definition) is 7. The van der Waals surface area contributed by atoms with Crippen LogP contribution in [0.25, 0.3) is 11.1 Å². The summed E-state index contributed by atoms with van der Waals surface area (Å²) in [6.07, 6.45) is 1.62. The molecule has 3 aromatic rings. The Balaban J connectivity index is 1.58. The number of allylic oxidation sites excluding steroid dienone is 1. The van der Waals surface area contributed by atoms with Crippen molar-refractivity contribution in [1.82, 2.24) is 0 Å². The Morgan fingerprint density at radius 3 is 2.44 bits per heavy atom. The zero-order valence-corrected chi connectivity index (χ0v) is 18.4. The fourth-order valence-corrected chi connectivity index (χ4v) is 4.22. The lowest BCUT2D eigenvalue weighted by Gasteiger charge is -2.32. The molecule has 0 aliphatic carbocycles. The van der Waals surface area contributed by atoms with Crippen LogP contribution in [0.4, 0.5) is 5.69 Å². The van der Waals surface area contributed by atoms with Crippen LogP contribution >= 0.6 is 0 Å². The quantitative estimate of drug-likeness (QED) is 0.586. The van der Waals surface area contributed by atoms with Gasteiger partial charge in [0.15, 0.2) is 11.5 Å². The topological polar surface area (TPSA) is 97.8 Å². The van der Waals surface area contributed by atoms with Crippen molar-refractivity contribution in [3.8, 4) is 28.7 Å². The summed E-state index contributed by atoms with van der Waals surface area (Å²) in [6, 6.07) is 25.2. The molecule has 7 nitrogen and oxygen atoms in total. The van der Waals surface area contributed by atoms with Gasteiger partial charge in [-0.25, -0.2) is 4.79 Å². The van der Waals surface area contributed by atoms with E-state index in [1.807, 2.05) is 54.6 Å². The van der Waals surface area contributed by atoms with Gasteiger partial charge in [0, 0.05) is 12.3 Å². The zero-order valence-electron chi connectivity index (χ0n) is 18.4. The van der Waals surface area contributed by atoms with Crippen LogP contribution in [0, 0.1) is 11.3 Å². The Kier molecular flexibility index (Phi) is 5.40. The highest BCUT2D eigenvalue weighted by Crippen LogP contribution is 2.42. The van der Waals surface area contributed by atoms with Crippen molar-refractivity contribution in [2.24, 2.45) is 5.73 Å². The Morgan fingerprint density at radius 2 is 1.74 bits per heavy atom. The standard InChI is InChI=1S/C27H21N3O4/c1-32-27(31)22-15-30(20-11-12-23-24(13-20)34-16-33-23)26(29)21(14-28)25(22)19-9-7-18(8-10-19)17-5-3-2-4-6-17/h2-13,15,25H,16,29H2,1H3. The summed E-state index contributed by atoms with van der Waals surface area (Å²) in [5, 5.41) is 10.1. The minimum atomic E-state index is -0.660. The molecule has 0 aromatic heterocycles. The number of methoxy groups -OCH3 is 1.